The highest BCUT2D eigenvalue weighted by atomic mass is 35.5. The third-order valence-corrected chi connectivity index (χ3v) is 5.78. The number of fused-ring (bicyclic) bond motifs is 3. The first-order valence-corrected chi connectivity index (χ1v) is 10.2. The fourth-order valence-electron chi connectivity index (χ4n) is 3.79. The zero-order valence-electron chi connectivity index (χ0n) is 16.5. The minimum absolute atomic E-state index is 0.100. The lowest BCUT2D eigenvalue weighted by Gasteiger charge is -2.30. The van der Waals surface area contributed by atoms with E-state index in [1.165, 1.54) is 5.56 Å². The van der Waals surface area contributed by atoms with E-state index in [1.54, 1.807) is 12.1 Å². The van der Waals surface area contributed by atoms with Crippen LogP contribution in [0.15, 0.2) is 66.4 Å². The SMILES string of the molecule is Cc1ccc(/C=C2\Oc3c(ccc4c3CN(Cc3ccccc3Cl)CO4)C2=O)cc1. The molecule has 0 fully saturated rings. The standard InChI is InChI=1S/C25H20ClNO3/c1-16-6-8-17(9-7-16)12-23-24(28)19-10-11-22-20(25(19)30-23)14-27(15-29-22)13-18-4-2-3-5-21(18)26/h2-12H,13-15H2,1H3/b23-12-. The van der Waals surface area contributed by atoms with Crippen molar-refractivity contribution in [1.82, 2.24) is 4.90 Å². The summed E-state index contributed by atoms with van der Waals surface area (Å²) in [6.07, 6.45) is 1.79. The molecule has 150 valence electrons. The average Bonchev–Trinajstić information content (AvgIpc) is 3.07. The van der Waals surface area contributed by atoms with E-state index in [1.807, 2.05) is 61.5 Å². The highest BCUT2D eigenvalue weighted by molar-refractivity contribution is 6.31. The summed E-state index contributed by atoms with van der Waals surface area (Å²) in [5.41, 5.74) is 4.61. The number of hydrogen-bond donors (Lipinski definition) is 0. The molecule has 0 spiro atoms. The van der Waals surface area contributed by atoms with Crippen molar-refractivity contribution in [1.29, 1.82) is 0 Å². The van der Waals surface area contributed by atoms with Crippen LogP contribution >= 0.6 is 11.6 Å². The van der Waals surface area contributed by atoms with Gasteiger partial charge >= 0.3 is 0 Å². The van der Waals surface area contributed by atoms with Crippen LogP contribution in [0.1, 0.15) is 32.6 Å². The summed E-state index contributed by atoms with van der Waals surface area (Å²) in [4.78, 5) is 15.0. The fraction of sp³-hybridized carbons (Fsp3) is 0.160. The topological polar surface area (TPSA) is 38.8 Å². The number of ether oxygens (including phenoxy) is 2. The number of benzene rings is 3. The molecule has 2 aliphatic heterocycles. The Balaban J connectivity index is 1.43. The molecule has 2 heterocycles. The monoisotopic (exact) mass is 417 g/mol. The molecule has 3 aromatic carbocycles. The number of ketones is 1. The van der Waals surface area contributed by atoms with Crippen LogP contribution in [0.3, 0.4) is 0 Å². The number of rotatable bonds is 3. The molecule has 0 amide bonds. The van der Waals surface area contributed by atoms with Gasteiger partial charge in [-0.25, -0.2) is 0 Å². The number of carbonyl (C=O) groups is 1. The van der Waals surface area contributed by atoms with Crippen molar-refractivity contribution in [2.24, 2.45) is 0 Å². The van der Waals surface area contributed by atoms with Gasteiger partial charge < -0.3 is 9.47 Å². The van der Waals surface area contributed by atoms with Crippen molar-refractivity contribution in [2.75, 3.05) is 6.73 Å². The lowest BCUT2D eigenvalue weighted by Crippen LogP contribution is -2.31. The number of Topliss-reactive ketones (excluding diaryl/α,β-unsaturated/α-hetero) is 1. The van der Waals surface area contributed by atoms with Gasteiger partial charge in [-0.05, 0) is 42.3 Å². The van der Waals surface area contributed by atoms with Gasteiger partial charge in [0.05, 0.1) is 11.1 Å². The van der Waals surface area contributed by atoms with Gasteiger partial charge in [0, 0.05) is 18.1 Å². The summed E-state index contributed by atoms with van der Waals surface area (Å²) in [5.74, 6) is 1.59. The molecule has 0 bridgehead atoms. The number of carbonyl (C=O) groups excluding carboxylic acids is 1. The van der Waals surface area contributed by atoms with Crippen LogP contribution in [0.2, 0.25) is 5.02 Å². The second-order valence-corrected chi connectivity index (χ2v) is 8.03. The molecule has 4 nitrogen and oxygen atoms in total. The first-order valence-electron chi connectivity index (χ1n) is 9.84. The second kappa shape index (κ2) is 7.63. The molecule has 0 unspecified atom stereocenters. The van der Waals surface area contributed by atoms with E-state index in [-0.39, 0.29) is 5.78 Å². The van der Waals surface area contributed by atoms with Crippen molar-refractivity contribution in [3.05, 3.63) is 99.3 Å². The second-order valence-electron chi connectivity index (χ2n) is 7.62. The Kier molecular flexibility index (Phi) is 4.81. The maximum Gasteiger partial charge on any atom is 0.231 e. The minimum Gasteiger partial charge on any atom is -0.478 e. The van der Waals surface area contributed by atoms with E-state index < -0.39 is 0 Å². The maximum absolute atomic E-state index is 12.9. The Labute approximate surface area is 180 Å². The van der Waals surface area contributed by atoms with E-state index in [0.717, 1.165) is 27.5 Å². The minimum atomic E-state index is -0.100. The van der Waals surface area contributed by atoms with Gasteiger partial charge in [-0.1, -0.05) is 59.6 Å². The Morgan fingerprint density at radius 2 is 1.87 bits per heavy atom. The molecular formula is C25H20ClNO3. The molecule has 30 heavy (non-hydrogen) atoms. The zero-order valence-corrected chi connectivity index (χ0v) is 17.3. The highest BCUT2D eigenvalue weighted by Gasteiger charge is 2.33. The summed E-state index contributed by atoms with van der Waals surface area (Å²) in [7, 11) is 0. The van der Waals surface area contributed by atoms with E-state index >= 15 is 0 Å². The molecule has 3 aromatic rings. The Hall–Kier alpha value is -3.08. The van der Waals surface area contributed by atoms with Crippen molar-refractivity contribution in [2.45, 2.75) is 20.0 Å². The average molecular weight is 418 g/mol. The van der Waals surface area contributed by atoms with Gasteiger partial charge in [0.15, 0.2) is 5.76 Å². The van der Waals surface area contributed by atoms with Crippen LogP contribution in [-0.2, 0) is 13.1 Å². The molecule has 0 aliphatic carbocycles. The Morgan fingerprint density at radius 3 is 2.67 bits per heavy atom. The summed E-state index contributed by atoms with van der Waals surface area (Å²) < 4.78 is 12.0. The van der Waals surface area contributed by atoms with Crippen LogP contribution in [0.25, 0.3) is 6.08 Å². The number of hydrogen-bond acceptors (Lipinski definition) is 4. The summed E-state index contributed by atoms with van der Waals surface area (Å²) in [6, 6.07) is 19.4. The largest absolute Gasteiger partial charge is 0.478 e. The van der Waals surface area contributed by atoms with Gasteiger partial charge in [0.1, 0.15) is 18.2 Å². The Morgan fingerprint density at radius 1 is 1.07 bits per heavy atom. The smallest absolute Gasteiger partial charge is 0.231 e. The molecule has 0 aromatic heterocycles. The molecule has 0 radical (unpaired) electrons. The van der Waals surface area contributed by atoms with Crippen LogP contribution < -0.4 is 9.47 Å². The van der Waals surface area contributed by atoms with Gasteiger partial charge in [0.25, 0.3) is 0 Å². The fourth-order valence-corrected chi connectivity index (χ4v) is 3.98. The predicted molar refractivity (Wildman–Crippen MR) is 117 cm³/mol. The third-order valence-electron chi connectivity index (χ3n) is 5.41. The van der Waals surface area contributed by atoms with Crippen LogP contribution in [0.5, 0.6) is 11.5 Å². The van der Waals surface area contributed by atoms with Crippen LogP contribution in [0, 0.1) is 6.92 Å². The van der Waals surface area contributed by atoms with Crippen LogP contribution in [-0.4, -0.2) is 17.4 Å². The zero-order chi connectivity index (χ0) is 20.7. The molecule has 2 aliphatic rings. The predicted octanol–water partition coefficient (Wildman–Crippen LogP) is 5.62. The lowest BCUT2D eigenvalue weighted by molar-refractivity contribution is 0.0873. The highest BCUT2D eigenvalue weighted by Crippen LogP contribution is 2.42. The van der Waals surface area contributed by atoms with Crippen molar-refractivity contribution in [3.63, 3.8) is 0 Å². The van der Waals surface area contributed by atoms with Gasteiger partial charge in [-0.2, -0.15) is 0 Å². The molecule has 0 saturated heterocycles. The lowest BCUT2D eigenvalue weighted by atomic mass is 10.0. The summed E-state index contributed by atoms with van der Waals surface area (Å²) in [5, 5.41) is 0.733. The first kappa shape index (κ1) is 18.9. The molecule has 5 heteroatoms. The van der Waals surface area contributed by atoms with Crippen molar-refractivity contribution in [3.8, 4) is 11.5 Å². The van der Waals surface area contributed by atoms with Gasteiger partial charge in [-0.3, -0.25) is 9.69 Å². The molecule has 5 rings (SSSR count). The van der Waals surface area contributed by atoms with E-state index in [9.17, 15) is 4.79 Å². The van der Waals surface area contributed by atoms with Crippen LogP contribution in [0.4, 0.5) is 0 Å². The normalized spacial score (nSPS) is 16.7. The molecule has 0 atom stereocenters. The van der Waals surface area contributed by atoms with E-state index in [2.05, 4.69) is 4.90 Å². The maximum atomic E-state index is 12.9. The molecular weight excluding hydrogens is 398 g/mol. The summed E-state index contributed by atoms with van der Waals surface area (Å²) in [6.45, 7) is 3.76. The first-order chi connectivity index (χ1) is 14.6. The number of aryl methyl sites for hydroxylation is 1. The van der Waals surface area contributed by atoms with E-state index in [0.29, 0.717) is 36.9 Å². The number of halogens is 1. The number of nitrogens with zero attached hydrogens (tertiary/aromatic N) is 1. The third kappa shape index (κ3) is 3.49. The van der Waals surface area contributed by atoms with E-state index in [4.69, 9.17) is 21.1 Å². The summed E-state index contributed by atoms with van der Waals surface area (Å²) >= 11 is 6.32. The van der Waals surface area contributed by atoms with Gasteiger partial charge in [-0.15, -0.1) is 0 Å². The van der Waals surface area contributed by atoms with Crippen molar-refractivity contribution >= 4 is 23.5 Å². The van der Waals surface area contributed by atoms with Gasteiger partial charge in [0.2, 0.25) is 5.78 Å². The quantitative estimate of drug-likeness (QED) is 0.519. The molecule has 0 N–H and O–H groups in total. The molecule has 0 saturated carbocycles. The Bertz CT molecular complexity index is 1170. The van der Waals surface area contributed by atoms with Crippen molar-refractivity contribution < 1.29 is 14.3 Å². The number of allylic oxidation sites excluding steroid dienone is 1.